The summed E-state index contributed by atoms with van der Waals surface area (Å²) >= 11 is 0. The molecule has 0 aliphatic rings. The monoisotopic (exact) mass is 470 g/mol. The van der Waals surface area contributed by atoms with Crippen LogP contribution in [0.3, 0.4) is 0 Å². The van der Waals surface area contributed by atoms with Gasteiger partial charge in [0.15, 0.2) is 11.5 Å². The molecular formula is C27H38N2O5. The summed E-state index contributed by atoms with van der Waals surface area (Å²) in [5.41, 5.74) is 2.62. The highest BCUT2D eigenvalue weighted by molar-refractivity contribution is 5.98. The molecular weight excluding hydrogens is 432 g/mol. The first-order valence-electron chi connectivity index (χ1n) is 11.6. The molecule has 0 fully saturated rings. The van der Waals surface area contributed by atoms with E-state index in [1.807, 2.05) is 0 Å². The summed E-state index contributed by atoms with van der Waals surface area (Å²) in [6, 6.07) is 10.6. The Balaban J connectivity index is 2.12. The average Bonchev–Trinajstić information content (AvgIpc) is 2.81. The van der Waals surface area contributed by atoms with Crippen LogP contribution in [-0.2, 0) is 11.2 Å². The molecule has 0 unspecified atom stereocenters. The smallest absolute Gasteiger partial charge is 0.252 e. The number of rotatable bonds is 11. The lowest BCUT2D eigenvalue weighted by atomic mass is 9.93. The fourth-order valence-electron chi connectivity index (χ4n) is 3.80. The summed E-state index contributed by atoms with van der Waals surface area (Å²) in [6.45, 7) is 10.2. The molecule has 0 heterocycles. The molecule has 2 aromatic carbocycles. The molecule has 186 valence electrons. The first-order valence-corrected chi connectivity index (χ1v) is 11.6. The molecule has 2 amide bonds. The topological polar surface area (TPSA) is 85.9 Å². The van der Waals surface area contributed by atoms with Crippen LogP contribution in [0.25, 0.3) is 0 Å². The van der Waals surface area contributed by atoms with Crippen LogP contribution in [0.5, 0.6) is 17.2 Å². The van der Waals surface area contributed by atoms with Crippen molar-refractivity contribution in [2.75, 3.05) is 21.3 Å². The van der Waals surface area contributed by atoms with Crippen LogP contribution in [0.1, 0.15) is 62.1 Å². The summed E-state index contributed by atoms with van der Waals surface area (Å²) in [7, 11) is 4.46. The van der Waals surface area contributed by atoms with Gasteiger partial charge in [-0.1, -0.05) is 52.0 Å². The van der Waals surface area contributed by atoms with Gasteiger partial charge >= 0.3 is 0 Å². The molecule has 2 N–H and O–H groups in total. The number of benzene rings is 2. The quantitative estimate of drug-likeness (QED) is 0.504. The maximum Gasteiger partial charge on any atom is 0.252 e. The number of amides is 2. The fourth-order valence-corrected chi connectivity index (χ4v) is 3.80. The Bertz CT molecular complexity index is 944. The van der Waals surface area contributed by atoms with E-state index < -0.39 is 11.9 Å². The molecule has 0 spiro atoms. The number of methoxy groups -OCH3 is 3. The molecule has 2 rings (SSSR count). The number of hydrogen-bond acceptors (Lipinski definition) is 5. The van der Waals surface area contributed by atoms with Crippen LogP contribution in [0.15, 0.2) is 36.4 Å². The average molecular weight is 471 g/mol. The standard InChI is InChI=1S/C27H38N2O5/c1-16(2)13-19-9-11-20(12-10-19)24(17(3)4)29-26(30)18(5)28-27(31)21-14-22(32-6)25(34-8)23(15-21)33-7/h9-12,14-18,24H,13H2,1-8H3,(H,28,31)(H,29,30)/t18-,24-/m0/s1. The normalized spacial score (nSPS) is 12.8. The van der Waals surface area contributed by atoms with E-state index in [4.69, 9.17) is 14.2 Å². The molecule has 0 saturated heterocycles. The van der Waals surface area contributed by atoms with Crippen LogP contribution in [-0.4, -0.2) is 39.2 Å². The zero-order valence-electron chi connectivity index (χ0n) is 21.5. The van der Waals surface area contributed by atoms with Crippen molar-refractivity contribution in [3.8, 4) is 17.2 Å². The largest absolute Gasteiger partial charge is 0.493 e. The van der Waals surface area contributed by atoms with Crippen LogP contribution in [0.2, 0.25) is 0 Å². The Morgan fingerprint density at radius 1 is 0.824 bits per heavy atom. The number of hydrogen-bond donors (Lipinski definition) is 2. The van der Waals surface area contributed by atoms with Crippen molar-refractivity contribution in [1.29, 1.82) is 0 Å². The van der Waals surface area contributed by atoms with E-state index in [1.165, 1.54) is 26.9 Å². The van der Waals surface area contributed by atoms with Crippen molar-refractivity contribution in [3.05, 3.63) is 53.1 Å². The van der Waals surface area contributed by atoms with Crippen molar-refractivity contribution in [3.63, 3.8) is 0 Å². The Labute approximate surface area is 203 Å². The second-order valence-corrected chi connectivity index (χ2v) is 9.18. The molecule has 0 saturated carbocycles. The number of carbonyl (C=O) groups is 2. The van der Waals surface area contributed by atoms with E-state index in [2.05, 4.69) is 62.6 Å². The lowest BCUT2D eigenvalue weighted by Gasteiger charge is -2.25. The van der Waals surface area contributed by atoms with Gasteiger partial charge in [0.2, 0.25) is 11.7 Å². The van der Waals surface area contributed by atoms with Gasteiger partial charge in [-0.3, -0.25) is 9.59 Å². The predicted octanol–water partition coefficient (Wildman–Crippen LogP) is 4.54. The van der Waals surface area contributed by atoms with Gasteiger partial charge in [-0.05, 0) is 48.4 Å². The van der Waals surface area contributed by atoms with Crippen molar-refractivity contribution < 1.29 is 23.8 Å². The van der Waals surface area contributed by atoms with Gasteiger partial charge in [0.25, 0.3) is 5.91 Å². The highest BCUT2D eigenvalue weighted by Crippen LogP contribution is 2.38. The zero-order chi connectivity index (χ0) is 25.4. The third kappa shape index (κ3) is 6.89. The van der Waals surface area contributed by atoms with E-state index in [1.54, 1.807) is 19.1 Å². The Morgan fingerprint density at radius 3 is 1.82 bits per heavy atom. The minimum atomic E-state index is -0.743. The summed E-state index contributed by atoms with van der Waals surface area (Å²) < 4.78 is 15.9. The summed E-state index contributed by atoms with van der Waals surface area (Å²) in [4.78, 5) is 25.8. The summed E-state index contributed by atoms with van der Waals surface area (Å²) in [5, 5.41) is 5.85. The van der Waals surface area contributed by atoms with Crippen molar-refractivity contribution in [2.24, 2.45) is 11.8 Å². The van der Waals surface area contributed by atoms with E-state index in [0.29, 0.717) is 28.7 Å². The minimum absolute atomic E-state index is 0.166. The lowest BCUT2D eigenvalue weighted by molar-refractivity contribution is -0.123. The lowest BCUT2D eigenvalue weighted by Crippen LogP contribution is -2.46. The van der Waals surface area contributed by atoms with Crippen LogP contribution in [0.4, 0.5) is 0 Å². The molecule has 7 nitrogen and oxygen atoms in total. The third-order valence-corrected chi connectivity index (χ3v) is 5.62. The van der Waals surface area contributed by atoms with Gasteiger partial charge in [-0.25, -0.2) is 0 Å². The van der Waals surface area contributed by atoms with Gasteiger partial charge in [0.05, 0.1) is 27.4 Å². The Morgan fingerprint density at radius 2 is 1.38 bits per heavy atom. The predicted molar refractivity (Wildman–Crippen MR) is 134 cm³/mol. The van der Waals surface area contributed by atoms with E-state index in [9.17, 15) is 9.59 Å². The maximum absolute atomic E-state index is 13.0. The van der Waals surface area contributed by atoms with Gasteiger partial charge in [0.1, 0.15) is 6.04 Å². The second-order valence-electron chi connectivity index (χ2n) is 9.18. The Hall–Kier alpha value is -3.22. The van der Waals surface area contributed by atoms with Crippen molar-refractivity contribution in [1.82, 2.24) is 10.6 Å². The van der Waals surface area contributed by atoms with Gasteiger partial charge < -0.3 is 24.8 Å². The molecule has 0 bridgehead atoms. The molecule has 0 aliphatic carbocycles. The molecule has 7 heteroatoms. The number of nitrogens with one attached hydrogen (secondary N) is 2. The number of ether oxygens (including phenoxy) is 3. The van der Waals surface area contributed by atoms with Crippen molar-refractivity contribution in [2.45, 2.75) is 53.1 Å². The second kappa shape index (κ2) is 12.3. The third-order valence-electron chi connectivity index (χ3n) is 5.62. The van der Waals surface area contributed by atoms with E-state index >= 15 is 0 Å². The van der Waals surface area contributed by atoms with Gasteiger partial charge in [0, 0.05) is 5.56 Å². The Kier molecular flexibility index (Phi) is 9.78. The summed E-state index contributed by atoms with van der Waals surface area (Å²) in [6.07, 6.45) is 1.02. The maximum atomic E-state index is 13.0. The molecule has 0 aromatic heterocycles. The molecule has 0 aliphatic heterocycles. The fraction of sp³-hybridized carbons (Fsp3) is 0.481. The van der Waals surface area contributed by atoms with Crippen molar-refractivity contribution >= 4 is 11.8 Å². The zero-order valence-corrected chi connectivity index (χ0v) is 21.5. The van der Waals surface area contributed by atoms with Crippen LogP contribution >= 0.6 is 0 Å². The van der Waals surface area contributed by atoms with E-state index in [0.717, 1.165) is 12.0 Å². The van der Waals surface area contributed by atoms with Crippen LogP contribution in [0, 0.1) is 11.8 Å². The molecule has 34 heavy (non-hydrogen) atoms. The van der Waals surface area contributed by atoms with Crippen LogP contribution < -0.4 is 24.8 Å². The highest BCUT2D eigenvalue weighted by atomic mass is 16.5. The first kappa shape index (κ1) is 27.0. The highest BCUT2D eigenvalue weighted by Gasteiger charge is 2.24. The molecule has 2 atom stereocenters. The summed E-state index contributed by atoms with van der Waals surface area (Å²) in [5.74, 6) is 1.22. The number of carbonyl (C=O) groups excluding carboxylic acids is 2. The first-order chi connectivity index (χ1) is 16.1. The minimum Gasteiger partial charge on any atom is -0.493 e. The van der Waals surface area contributed by atoms with Gasteiger partial charge in [-0.15, -0.1) is 0 Å². The van der Waals surface area contributed by atoms with E-state index in [-0.39, 0.29) is 17.9 Å². The molecule has 0 radical (unpaired) electrons. The molecule has 2 aromatic rings. The van der Waals surface area contributed by atoms with Gasteiger partial charge in [-0.2, -0.15) is 0 Å². The SMILES string of the molecule is COc1cc(C(=O)N[C@@H](C)C(=O)N[C@H](c2ccc(CC(C)C)cc2)C(C)C)cc(OC)c1OC.